The van der Waals surface area contributed by atoms with Gasteiger partial charge >= 0.3 is 5.97 Å². The number of alkyl halides is 2. The number of benzene rings is 1. The summed E-state index contributed by atoms with van der Waals surface area (Å²) in [6, 6.07) is 5.65. The molecular weight excluding hydrogens is 532 g/mol. The zero-order valence-electron chi connectivity index (χ0n) is 17.3. The second kappa shape index (κ2) is 8.65. The highest BCUT2D eigenvalue weighted by molar-refractivity contribution is 9.12. The lowest BCUT2D eigenvalue weighted by atomic mass is 9.81. The summed E-state index contributed by atoms with van der Waals surface area (Å²) in [4.78, 5) is 51.4. The number of nitrogens with zero attached hydrogens (tertiary/aromatic N) is 1. The standard InChI is InChI=1S/C22H24Br2N2O5/c1-10-5-11(2)7-12(6-10)25-15(27)9-31-16(28)3-4-26-21(29)17-13-8-14(18(17)22(26)30)20(24)19(13)23/h5-7,13-14,17-20H,3-4,8-9H2,1-2H3,(H,25,27)/t13-,14-,17-,18+,19+,20+/m1/s1. The number of esters is 1. The van der Waals surface area contributed by atoms with E-state index < -0.39 is 18.5 Å². The molecule has 2 bridgehead atoms. The maximum atomic E-state index is 12.8. The Bertz CT molecular complexity index is 900. The van der Waals surface area contributed by atoms with Crippen LogP contribution in [-0.4, -0.2) is 51.4 Å². The molecule has 4 rings (SSSR count). The molecule has 0 aromatic heterocycles. The molecule has 31 heavy (non-hydrogen) atoms. The lowest BCUT2D eigenvalue weighted by Crippen LogP contribution is -2.37. The third-order valence-electron chi connectivity index (χ3n) is 6.49. The molecule has 1 heterocycles. The number of nitrogens with one attached hydrogen (secondary N) is 1. The summed E-state index contributed by atoms with van der Waals surface area (Å²) in [5.41, 5.74) is 2.67. The van der Waals surface area contributed by atoms with Gasteiger partial charge in [-0.2, -0.15) is 0 Å². The van der Waals surface area contributed by atoms with Crippen molar-refractivity contribution in [1.82, 2.24) is 4.90 Å². The van der Waals surface area contributed by atoms with Gasteiger partial charge in [0.15, 0.2) is 6.61 Å². The summed E-state index contributed by atoms with van der Waals surface area (Å²) in [6.07, 6.45) is 0.739. The third kappa shape index (κ3) is 4.18. The Morgan fingerprint density at radius 3 is 2.13 bits per heavy atom. The highest BCUT2D eigenvalue weighted by atomic mass is 79.9. The fourth-order valence-corrected chi connectivity index (χ4v) is 7.17. The van der Waals surface area contributed by atoms with Crippen LogP contribution in [0, 0.1) is 37.5 Å². The number of likely N-dealkylation sites (tertiary alicyclic amines) is 1. The van der Waals surface area contributed by atoms with Gasteiger partial charge in [0.2, 0.25) is 11.8 Å². The van der Waals surface area contributed by atoms with Crippen LogP contribution >= 0.6 is 31.9 Å². The number of aryl methyl sites for hydroxylation is 2. The topological polar surface area (TPSA) is 92.8 Å². The molecule has 1 aliphatic heterocycles. The van der Waals surface area contributed by atoms with E-state index in [2.05, 4.69) is 37.2 Å². The Hall–Kier alpha value is -1.74. The van der Waals surface area contributed by atoms with Crippen molar-refractivity contribution in [3.63, 3.8) is 0 Å². The molecule has 9 heteroatoms. The van der Waals surface area contributed by atoms with Crippen LogP contribution in [0.1, 0.15) is 24.0 Å². The molecule has 0 unspecified atom stereocenters. The molecular formula is C22H24Br2N2O5. The van der Waals surface area contributed by atoms with Gasteiger partial charge in [0.05, 0.1) is 18.3 Å². The first-order valence-corrected chi connectivity index (χ1v) is 12.2. The van der Waals surface area contributed by atoms with Crippen molar-refractivity contribution in [1.29, 1.82) is 0 Å². The number of amides is 3. The van der Waals surface area contributed by atoms with Crippen LogP contribution in [-0.2, 0) is 23.9 Å². The van der Waals surface area contributed by atoms with Crippen LogP contribution in [0.15, 0.2) is 18.2 Å². The summed E-state index contributed by atoms with van der Waals surface area (Å²) in [5.74, 6) is -1.75. The number of fused-ring (bicyclic) bond motifs is 5. The van der Waals surface area contributed by atoms with Gasteiger partial charge in [0.25, 0.3) is 5.91 Å². The monoisotopic (exact) mass is 554 g/mol. The highest BCUT2D eigenvalue weighted by Crippen LogP contribution is 2.60. The van der Waals surface area contributed by atoms with Gasteiger partial charge < -0.3 is 10.1 Å². The van der Waals surface area contributed by atoms with E-state index in [1.807, 2.05) is 32.0 Å². The number of halogens is 2. The van der Waals surface area contributed by atoms with Crippen molar-refractivity contribution in [2.75, 3.05) is 18.5 Å². The molecule has 2 aliphatic carbocycles. The van der Waals surface area contributed by atoms with Crippen LogP contribution < -0.4 is 5.32 Å². The number of ether oxygens (including phenoxy) is 1. The minimum Gasteiger partial charge on any atom is -0.456 e. The molecule has 166 valence electrons. The van der Waals surface area contributed by atoms with Crippen molar-refractivity contribution >= 4 is 61.2 Å². The third-order valence-corrected chi connectivity index (χ3v) is 9.69. The molecule has 1 aromatic carbocycles. The summed E-state index contributed by atoms with van der Waals surface area (Å²) in [6.45, 7) is 3.43. The quantitative estimate of drug-likeness (QED) is 0.331. The Balaban J connectivity index is 1.26. The lowest BCUT2D eigenvalue weighted by molar-refractivity contribution is -0.149. The lowest BCUT2D eigenvalue weighted by Gasteiger charge is -2.28. The normalized spacial score (nSPS) is 31.2. The molecule has 2 saturated carbocycles. The number of imide groups is 1. The summed E-state index contributed by atoms with van der Waals surface area (Å²) in [7, 11) is 0. The van der Waals surface area contributed by atoms with Crippen molar-refractivity contribution in [2.45, 2.75) is 36.3 Å². The van der Waals surface area contributed by atoms with E-state index in [1.54, 1.807) is 0 Å². The Morgan fingerprint density at radius 1 is 1.03 bits per heavy atom. The van der Waals surface area contributed by atoms with Gasteiger partial charge in [-0.05, 0) is 55.4 Å². The number of hydrogen-bond acceptors (Lipinski definition) is 5. The fraction of sp³-hybridized carbons (Fsp3) is 0.545. The van der Waals surface area contributed by atoms with E-state index in [4.69, 9.17) is 4.74 Å². The van der Waals surface area contributed by atoms with Crippen LogP contribution in [0.3, 0.4) is 0 Å². The number of hydrogen-bond donors (Lipinski definition) is 1. The second-order valence-corrected chi connectivity index (χ2v) is 10.8. The molecule has 0 spiro atoms. The highest BCUT2D eigenvalue weighted by Gasteiger charge is 2.66. The molecule has 0 radical (unpaired) electrons. The van der Waals surface area contributed by atoms with E-state index in [9.17, 15) is 19.2 Å². The van der Waals surface area contributed by atoms with Crippen molar-refractivity contribution in [2.24, 2.45) is 23.7 Å². The summed E-state index contributed by atoms with van der Waals surface area (Å²) in [5, 5.41) is 2.70. The summed E-state index contributed by atoms with van der Waals surface area (Å²) >= 11 is 7.30. The average molecular weight is 556 g/mol. The van der Waals surface area contributed by atoms with Crippen LogP contribution in [0.25, 0.3) is 0 Å². The molecule has 6 atom stereocenters. The summed E-state index contributed by atoms with van der Waals surface area (Å²) < 4.78 is 5.03. The first-order chi connectivity index (χ1) is 14.7. The van der Waals surface area contributed by atoms with Gasteiger partial charge in [-0.15, -0.1) is 0 Å². The van der Waals surface area contributed by atoms with Gasteiger partial charge in [0.1, 0.15) is 0 Å². The smallest absolute Gasteiger partial charge is 0.308 e. The van der Waals surface area contributed by atoms with E-state index in [0.29, 0.717) is 5.69 Å². The molecule has 1 N–H and O–H groups in total. The van der Waals surface area contributed by atoms with Gasteiger partial charge in [-0.1, -0.05) is 37.9 Å². The van der Waals surface area contributed by atoms with E-state index >= 15 is 0 Å². The predicted octanol–water partition coefficient (Wildman–Crippen LogP) is 2.95. The van der Waals surface area contributed by atoms with Crippen LogP contribution in [0.2, 0.25) is 0 Å². The Kier molecular flexibility index (Phi) is 6.27. The molecule has 1 saturated heterocycles. The largest absolute Gasteiger partial charge is 0.456 e. The first kappa shape index (κ1) is 22.5. The molecule has 3 amide bonds. The number of carbonyl (C=O) groups excluding carboxylic acids is 4. The predicted molar refractivity (Wildman–Crippen MR) is 121 cm³/mol. The van der Waals surface area contributed by atoms with Crippen LogP contribution in [0.5, 0.6) is 0 Å². The van der Waals surface area contributed by atoms with Gasteiger partial charge in [-0.3, -0.25) is 24.1 Å². The first-order valence-electron chi connectivity index (χ1n) is 10.3. The number of anilines is 1. The van der Waals surface area contributed by atoms with E-state index in [0.717, 1.165) is 17.5 Å². The van der Waals surface area contributed by atoms with E-state index in [1.165, 1.54) is 4.90 Å². The minimum absolute atomic E-state index is 0.0124. The fourth-order valence-electron chi connectivity index (χ4n) is 5.30. The molecule has 7 nitrogen and oxygen atoms in total. The van der Waals surface area contributed by atoms with Gasteiger partial charge in [0, 0.05) is 21.9 Å². The van der Waals surface area contributed by atoms with Gasteiger partial charge in [-0.25, -0.2) is 0 Å². The second-order valence-electron chi connectivity index (χ2n) is 8.67. The molecule has 3 aliphatic rings. The van der Waals surface area contributed by atoms with Crippen LogP contribution in [0.4, 0.5) is 5.69 Å². The van der Waals surface area contributed by atoms with Crippen molar-refractivity contribution in [3.05, 3.63) is 29.3 Å². The molecule has 3 fully saturated rings. The average Bonchev–Trinajstić information content (AvgIpc) is 3.29. The zero-order valence-corrected chi connectivity index (χ0v) is 20.4. The molecule has 1 aromatic rings. The maximum absolute atomic E-state index is 12.8. The Labute approximate surface area is 197 Å². The zero-order chi connectivity index (χ0) is 22.4. The minimum atomic E-state index is -0.618. The Morgan fingerprint density at radius 2 is 1.58 bits per heavy atom. The SMILES string of the molecule is Cc1cc(C)cc(NC(=O)COC(=O)CCN2C(=O)[C@@H]3[C@H]4C[C@@H]([C@H](Br)[C@H]4Br)[C@@H]3C2=O)c1. The maximum Gasteiger partial charge on any atom is 0.308 e. The number of carbonyl (C=O) groups is 4. The van der Waals surface area contributed by atoms with E-state index in [-0.39, 0.29) is 58.1 Å². The van der Waals surface area contributed by atoms with Crippen molar-refractivity contribution in [3.8, 4) is 0 Å². The number of rotatable bonds is 6. The van der Waals surface area contributed by atoms with Crippen molar-refractivity contribution < 1.29 is 23.9 Å².